The van der Waals surface area contributed by atoms with Crippen LogP contribution in [0.5, 0.6) is 0 Å². The van der Waals surface area contributed by atoms with E-state index in [9.17, 15) is 12.9 Å². The first-order chi connectivity index (χ1) is 4.73. The lowest BCUT2D eigenvalue weighted by Gasteiger charge is -2.05. The third kappa shape index (κ3) is 10.7. The van der Waals surface area contributed by atoms with Crippen LogP contribution in [0.25, 0.3) is 0 Å². The first-order valence-corrected chi connectivity index (χ1v) is 3.47. The lowest BCUT2D eigenvalue weighted by molar-refractivity contribution is -0.662. The fraction of sp³-hybridized carbons (Fsp3) is 1.00. The zero-order valence-electron chi connectivity index (χ0n) is 5.82. The highest BCUT2D eigenvalue weighted by Gasteiger charge is 2.06. The van der Waals surface area contributed by atoms with Gasteiger partial charge in [-0.15, -0.1) is 0 Å². The van der Waals surface area contributed by atoms with E-state index in [0.717, 1.165) is 0 Å². The molecule has 10 heavy (non-hydrogen) atoms. The third-order valence-electron chi connectivity index (χ3n) is 1.32. The molecule has 0 aromatic carbocycles. The number of hydrogen-bond acceptors (Lipinski definition) is 0. The average molecular weight is 154 g/mol. The molecule has 1 saturated heterocycles. The minimum atomic E-state index is -3.67. The Balaban J connectivity index is 0.000000180. The van der Waals surface area contributed by atoms with Gasteiger partial charge >= 0.3 is 7.54 Å². The van der Waals surface area contributed by atoms with E-state index in [1.54, 1.807) is 0 Å². The van der Waals surface area contributed by atoms with E-state index in [-0.39, 0.29) is 0 Å². The molecule has 0 radical (unpaired) electrons. The molecule has 0 bridgehead atoms. The van der Waals surface area contributed by atoms with Crippen LogP contribution in [0.4, 0.5) is 12.9 Å². The zero-order chi connectivity index (χ0) is 7.82. The van der Waals surface area contributed by atoms with Crippen molar-refractivity contribution in [2.45, 2.75) is 19.3 Å². The van der Waals surface area contributed by atoms with Crippen LogP contribution in [0.3, 0.4) is 0 Å². The van der Waals surface area contributed by atoms with Gasteiger partial charge in [-0.1, -0.05) is 0 Å². The summed E-state index contributed by atoms with van der Waals surface area (Å²) < 4.78 is 29.0. The van der Waals surface area contributed by atoms with E-state index < -0.39 is 7.54 Å². The quantitative estimate of drug-likeness (QED) is 0.492. The largest absolute Gasteiger partial charge is 0.762 e. The second kappa shape index (κ2) is 6.93. The van der Waals surface area contributed by atoms with Crippen LogP contribution in [0.2, 0.25) is 0 Å². The molecular weight excluding hydrogens is 142 g/mol. The zero-order valence-corrected chi connectivity index (χ0v) is 5.82. The van der Waals surface area contributed by atoms with Crippen LogP contribution in [-0.4, -0.2) is 20.6 Å². The van der Waals surface area contributed by atoms with E-state index in [1.165, 1.54) is 32.4 Å². The van der Waals surface area contributed by atoms with Crippen molar-refractivity contribution in [2.75, 3.05) is 13.1 Å². The molecule has 60 valence electrons. The Morgan fingerprint density at radius 3 is 1.40 bits per heavy atom. The molecule has 1 nitrogen and oxygen atoms in total. The van der Waals surface area contributed by atoms with Crippen LogP contribution in [0, 0.1) is 0 Å². The maximum Gasteiger partial charge on any atom is 0.762 e. The van der Waals surface area contributed by atoms with Gasteiger partial charge in [0.25, 0.3) is 0 Å². The van der Waals surface area contributed by atoms with E-state index in [0.29, 0.717) is 0 Å². The average Bonchev–Trinajstić information content (AvgIpc) is 1.90. The first-order valence-electron chi connectivity index (χ1n) is 3.47. The van der Waals surface area contributed by atoms with Crippen LogP contribution >= 0.6 is 0 Å². The maximum atomic E-state index is 9.67. The predicted octanol–water partition coefficient (Wildman–Crippen LogP) is 0.613. The van der Waals surface area contributed by atoms with Gasteiger partial charge < -0.3 is 5.32 Å². The summed E-state index contributed by atoms with van der Waals surface area (Å²) in [5, 5.41) is 2.39. The van der Waals surface area contributed by atoms with Gasteiger partial charge in [-0.3, -0.25) is 12.9 Å². The Bertz CT molecular complexity index is 53.6. The number of quaternary nitrogens is 1. The van der Waals surface area contributed by atoms with Crippen molar-refractivity contribution < 1.29 is 18.3 Å². The monoisotopic (exact) mass is 154 g/mol. The number of hydrogen-bond donors (Lipinski definition) is 1. The molecule has 2 N–H and O–H groups in total. The second-order valence-electron chi connectivity index (χ2n) is 2.17. The Morgan fingerprint density at radius 2 is 1.30 bits per heavy atom. The highest BCUT2D eigenvalue weighted by molar-refractivity contribution is 6.33. The normalized spacial score (nSPS) is 17.1. The summed E-state index contributed by atoms with van der Waals surface area (Å²) in [6.45, 7) is 2.75. The molecule has 1 aliphatic rings. The molecular formula is C5H12BF3N+. The summed E-state index contributed by atoms with van der Waals surface area (Å²) in [5.74, 6) is 0. The summed E-state index contributed by atoms with van der Waals surface area (Å²) in [4.78, 5) is 0. The number of piperidine rings is 1. The van der Waals surface area contributed by atoms with Crippen molar-refractivity contribution in [1.29, 1.82) is 0 Å². The first kappa shape index (κ1) is 9.81. The smallest absolute Gasteiger partial charge is 0.346 e. The molecule has 0 saturated carbocycles. The second-order valence-corrected chi connectivity index (χ2v) is 2.17. The van der Waals surface area contributed by atoms with Gasteiger partial charge in [0.05, 0.1) is 13.1 Å². The van der Waals surface area contributed by atoms with Gasteiger partial charge in [-0.25, -0.2) is 0 Å². The molecule has 1 heterocycles. The van der Waals surface area contributed by atoms with Gasteiger partial charge in [0.15, 0.2) is 0 Å². The molecule has 0 spiro atoms. The van der Waals surface area contributed by atoms with E-state index >= 15 is 0 Å². The summed E-state index contributed by atoms with van der Waals surface area (Å²) in [5.41, 5.74) is 0. The summed E-state index contributed by atoms with van der Waals surface area (Å²) in [6.07, 6.45) is 4.36. The third-order valence-corrected chi connectivity index (χ3v) is 1.32. The molecule has 0 aromatic heterocycles. The Morgan fingerprint density at radius 1 is 0.900 bits per heavy atom. The van der Waals surface area contributed by atoms with E-state index in [4.69, 9.17) is 0 Å². The van der Waals surface area contributed by atoms with Crippen LogP contribution in [0.15, 0.2) is 0 Å². The molecule has 1 fully saturated rings. The number of halogens is 3. The lowest BCUT2D eigenvalue weighted by atomic mass is 10.2. The van der Waals surface area contributed by atoms with Crippen LogP contribution in [0.1, 0.15) is 19.3 Å². The Kier molecular flexibility index (Phi) is 6.80. The Hall–Kier alpha value is -0.185. The van der Waals surface area contributed by atoms with Crippen molar-refractivity contribution >= 4 is 7.54 Å². The van der Waals surface area contributed by atoms with E-state index in [1.807, 2.05) is 0 Å². The fourth-order valence-electron chi connectivity index (χ4n) is 0.898. The Labute approximate surface area is 59.2 Å². The van der Waals surface area contributed by atoms with Gasteiger partial charge in [-0.2, -0.15) is 0 Å². The fourth-order valence-corrected chi connectivity index (χ4v) is 0.898. The van der Waals surface area contributed by atoms with Crippen LogP contribution in [-0.2, 0) is 0 Å². The molecule has 0 atom stereocenters. The highest BCUT2D eigenvalue weighted by atomic mass is 19.4. The summed E-state index contributed by atoms with van der Waals surface area (Å²) in [6, 6.07) is 0. The summed E-state index contributed by atoms with van der Waals surface area (Å²) >= 11 is 0. The standard InChI is InChI=1S/C5H11N.BF3/c1-2-4-6-5-3-1;2-1(3)4/h6H,1-5H2;/p+1. The van der Waals surface area contributed by atoms with Crippen molar-refractivity contribution in [2.24, 2.45) is 0 Å². The van der Waals surface area contributed by atoms with Gasteiger partial charge in [0.2, 0.25) is 0 Å². The highest BCUT2D eigenvalue weighted by Crippen LogP contribution is 1.91. The molecule has 1 aliphatic heterocycles. The molecule has 0 aliphatic carbocycles. The predicted molar refractivity (Wildman–Crippen MR) is 34.6 cm³/mol. The maximum absolute atomic E-state index is 9.67. The van der Waals surface area contributed by atoms with Crippen molar-refractivity contribution in [3.63, 3.8) is 0 Å². The SMILES string of the molecule is C1CC[NH2+]CC1.FB(F)F. The molecule has 5 heteroatoms. The lowest BCUT2D eigenvalue weighted by Crippen LogP contribution is -2.85. The molecule has 0 amide bonds. The summed E-state index contributed by atoms with van der Waals surface area (Å²) in [7, 11) is -3.67. The minimum absolute atomic E-state index is 1.38. The van der Waals surface area contributed by atoms with Gasteiger partial charge in [0, 0.05) is 0 Å². The topological polar surface area (TPSA) is 16.6 Å². The molecule has 0 unspecified atom stereocenters. The van der Waals surface area contributed by atoms with Crippen LogP contribution < -0.4 is 5.32 Å². The van der Waals surface area contributed by atoms with Gasteiger partial charge in [-0.05, 0) is 19.3 Å². The minimum Gasteiger partial charge on any atom is -0.346 e. The molecule has 0 aromatic rings. The van der Waals surface area contributed by atoms with Crippen molar-refractivity contribution in [3.05, 3.63) is 0 Å². The molecule has 1 rings (SSSR count). The van der Waals surface area contributed by atoms with Gasteiger partial charge in [0.1, 0.15) is 0 Å². The van der Waals surface area contributed by atoms with Crippen molar-refractivity contribution in [1.82, 2.24) is 0 Å². The van der Waals surface area contributed by atoms with E-state index in [2.05, 4.69) is 5.32 Å². The number of rotatable bonds is 0. The number of nitrogens with two attached hydrogens (primary N) is 1. The van der Waals surface area contributed by atoms with Crippen molar-refractivity contribution in [3.8, 4) is 0 Å².